The van der Waals surface area contributed by atoms with E-state index in [4.69, 9.17) is 10.4 Å². The molecule has 0 aliphatic heterocycles. The third-order valence-corrected chi connectivity index (χ3v) is 2.79. The number of rotatable bonds is 6. The van der Waals surface area contributed by atoms with Crippen molar-refractivity contribution in [2.24, 2.45) is 0 Å². The van der Waals surface area contributed by atoms with Gasteiger partial charge >= 0.3 is 5.97 Å². The molecule has 0 aliphatic carbocycles. The van der Waals surface area contributed by atoms with E-state index in [0.717, 1.165) is 5.69 Å². The summed E-state index contributed by atoms with van der Waals surface area (Å²) >= 11 is 0. The van der Waals surface area contributed by atoms with Crippen molar-refractivity contribution in [3.63, 3.8) is 0 Å². The molecule has 0 aromatic heterocycles. The van der Waals surface area contributed by atoms with Crippen molar-refractivity contribution in [2.75, 3.05) is 11.9 Å². The van der Waals surface area contributed by atoms with Crippen molar-refractivity contribution in [3.8, 4) is 6.07 Å². The molecule has 100 valence electrons. The van der Waals surface area contributed by atoms with Crippen molar-refractivity contribution in [2.45, 2.75) is 25.7 Å². The van der Waals surface area contributed by atoms with Crippen LogP contribution in [0, 0.1) is 11.3 Å². The zero-order chi connectivity index (χ0) is 14.3. The van der Waals surface area contributed by atoms with E-state index in [2.05, 4.69) is 0 Å². The molecular weight excluding hydrogens is 244 g/mol. The molecule has 5 heteroatoms. The minimum Gasteiger partial charge on any atom is -0.481 e. The van der Waals surface area contributed by atoms with E-state index in [9.17, 15) is 9.59 Å². The number of benzene rings is 1. The monoisotopic (exact) mass is 260 g/mol. The largest absolute Gasteiger partial charge is 0.481 e. The Labute approximate surface area is 112 Å². The number of carbonyl (C=O) groups excluding carboxylic acids is 1. The van der Waals surface area contributed by atoms with Gasteiger partial charge < -0.3 is 10.0 Å². The molecule has 1 rings (SSSR count). The molecule has 1 amide bonds. The number of hydrogen-bond acceptors (Lipinski definition) is 3. The molecule has 0 bridgehead atoms. The van der Waals surface area contributed by atoms with Gasteiger partial charge in [-0.1, -0.05) is 0 Å². The summed E-state index contributed by atoms with van der Waals surface area (Å²) in [4.78, 5) is 23.7. The van der Waals surface area contributed by atoms with Crippen LogP contribution in [0.1, 0.15) is 31.2 Å². The van der Waals surface area contributed by atoms with Gasteiger partial charge in [0, 0.05) is 25.6 Å². The van der Waals surface area contributed by atoms with Crippen LogP contribution < -0.4 is 4.90 Å². The molecule has 0 spiro atoms. The second kappa shape index (κ2) is 7.17. The Balaban J connectivity index is 2.47. The number of carbonyl (C=O) groups is 2. The molecule has 0 radical (unpaired) electrons. The van der Waals surface area contributed by atoms with Gasteiger partial charge in [-0.25, -0.2) is 0 Å². The molecule has 1 N–H and O–H groups in total. The molecule has 0 fully saturated rings. The third kappa shape index (κ3) is 4.80. The van der Waals surface area contributed by atoms with Crippen LogP contribution in [0.4, 0.5) is 5.69 Å². The maximum absolute atomic E-state index is 11.9. The maximum atomic E-state index is 11.9. The van der Waals surface area contributed by atoms with Gasteiger partial charge in [0.15, 0.2) is 0 Å². The molecule has 0 saturated carbocycles. The van der Waals surface area contributed by atoms with Crippen LogP contribution in [-0.2, 0) is 9.59 Å². The second-order valence-electron chi connectivity index (χ2n) is 4.21. The van der Waals surface area contributed by atoms with E-state index >= 15 is 0 Å². The Bertz CT molecular complexity index is 488. The Kier molecular flexibility index (Phi) is 5.55. The van der Waals surface area contributed by atoms with Crippen molar-refractivity contribution in [1.29, 1.82) is 5.26 Å². The molecule has 19 heavy (non-hydrogen) atoms. The van der Waals surface area contributed by atoms with Crippen LogP contribution in [0.3, 0.4) is 0 Å². The number of aliphatic carboxylic acids is 1. The van der Waals surface area contributed by atoms with Gasteiger partial charge in [-0.05, 0) is 37.1 Å². The first-order valence-electron chi connectivity index (χ1n) is 6.03. The van der Waals surface area contributed by atoms with E-state index in [1.807, 2.05) is 6.07 Å². The predicted molar refractivity (Wildman–Crippen MR) is 70.7 cm³/mol. The Morgan fingerprint density at radius 3 is 2.32 bits per heavy atom. The Hall–Kier alpha value is -2.35. The van der Waals surface area contributed by atoms with E-state index < -0.39 is 5.97 Å². The first kappa shape index (κ1) is 14.7. The van der Waals surface area contributed by atoms with Crippen LogP contribution in [0.5, 0.6) is 0 Å². The Morgan fingerprint density at radius 2 is 1.79 bits per heavy atom. The highest BCUT2D eigenvalue weighted by molar-refractivity contribution is 5.92. The third-order valence-electron chi connectivity index (χ3n) is 2.79. The van der Waals surface area contributed by atoms with Gasteiger partial charge in [-0.2, -0.15) is 5.26 Å². The first-order valence-corrected chi connectivity index (χ1v) is 6.03. The number of nitrogens with zero attached hydrogens (tertiary/aromatic N) is 2. The van der Waals surface area contributed by atoms with Gasteiger partial charge in [0.2, 0.25) is 5.91 Å². The number of amides is 1. The lowest BCUT2D eigenvalue weighted by atomic mass is 10.1. The summed E-state index contributed by atoms with van der Waals surface area (Å²) in [6, 6.07) is 8.76. The molecule has 0 atom stereocenters. The lowest BCUT2D eigenvalue weighted by Crippen LogP contribution is -2.25. The fraction of sp³-hybridized carbons (Fsp3) is 0.357. The number of unbranched alkanes of at least 4 members (excludes halogenated alkanes) is 1. The number of carboxylic acid groups (broad SMARTS) is 1. The minimum absolute atomic E-state index is 0.0601. The standard InChI is InChI=1S/C14H16N2O3/c1-16(12-8-6-11(10-15)7-9-12)13(17)4-2-3-5-14(18)19/h6-9H,2-5H2,1H3,(H,18,19). The molecule has 0 heterocycles. The molecule has 0 aliphatic rings. The van der Waals surface area contributed by atoms with Gasteiger partial charge in [0.05, 0.1) is 11.6 Å². The van der Waals surface area contributed by atoms with E-state index in [1.54, 1.807) is 31.3 Å². The zero-order valence-corrected chi connectivity index (χ0v) is 10.8. The summed E-state index contributed by atoms with van der Waals surface area (Å²) < 4.78 is 0. The molecule has 0 saturated heterocycles. The van der Waals surface area contributed by atoms with Crippen LogP contribution in [-0.4, -0.2) is 24.0 Å². The van der Waals surface area contributed by atoms with Gasteiger partial charge in [-0.3, -0.25) is 9.59 Å². The van der Waals surface area contributed by atoms with Crippen LogP contribution in [0.15, 0.2) is 24.3 Å². The van der Waals surface area contributed by atoms with Gasteiger partial charge in [-0.15, -0.1) is 0 Å². The van der Waals surface area contributed by atoms with Crippen LogP contribution in [0.2, 0.25) is 0 Å². The Morgan fingerprint density at radius 1 is 1.21 bits per heavy atom. The molecule has 1 aromatic carbocycles. The van der Waals surface area contributed by atoms with E-state index in [1.165, 1.54) is 4.90 Å². The summed E-state index contributed by atoms with van der Waals surface area (Å²) in [5.74, 6) is -0.900. The highest BCUT2D eigenvalue weighted by Gasteiger charge is 2.10. The first-order chi connectivity index (χ1) is 9.04. The van der Waals surface area contributed by atoms with Crippen molar-refractivity contribution >= 4 is 17.6 Å². The fourth-order valence-corrected chi connectivity index (χ4v) is 1.62. The smallest absolute Gasteiger partial charge is 0.303 e. The molecular formula is C14H16N2O3. The average molecular weight is 260 g/mol. The van der Waals surface area contributed by atoms with Crippen molar-refractivity contribution < 1.29 is 14.7 Å². The second-order valence-corrected chi connectivity index (χ2v) is 4.21. The summed E-state index contributed by atoms with van der Waals surface area (Å²) in [6.45, 7) is 0. The quantitative estimate of drug-likeness (QED) is 0.795. The van der Waals surface area contributed by atoms with E-state index in [-0.39, 0.29) is 12.3 Å². The minimum atomic E-state index is -0.840. The van der Waals surface area contributed by atoms with Gasteiger partial charge in [0.1, 0.15) is 0 Å². The van der Waals surface area contributed by atoms with Crippen LogP contribution >= 0.6 is 0 Å². The normalized spacial score (nSPS) is 9.68. The fourth-order valence-electron chi connectivity index (χ4n) is 1.62. The summed E-state index contributed by atoms with van der Waals surface area (Å²) in [5, 5.41) is 17.2. The topological polar surface area (TPSA) is 81.4 Å². The zero-order valence-electron chi connectivity index (χ0n) is 10.8. The highest BCUT2D eigenvalue weighted by atomic mass is 16.4. The van der Waals surface area contributed by atoms with Crippen molar-refractivity contribution in [1.82, 2.24) is 0 Å². The van der Waals surface area contributed by atoms with E-state index in [0.29, 0.717) is 24.8 Å². The maximum Gasteiger partial charge on any atom is 0.303 e. The molecule has 1 aromatic rings. The summed E-state index contributed by atoms with van der Waals surface area (Å²) in [6.07, 6.45) is 1.48. The predicted octanol–water partition coefficient (Wildman–Crippen LogP) is 2.17. The van der Waals surface area contributed by atoms with Gasteiger partial charge in [0.25, 0.3) is 0 Å². The number of nitriles is 1. The lowest BCUT2D eigenvalue weighted by Gasteiger charge is -2.17. The highest BCUT2D eigenvalue weighted by Crippen LogP contribution is 2.15. The number of anilines is 1. The molecule has 5 nitrogen and oxygen atoms in total. The molecule has 0 unspecified atom stereocenters. The lowest BCUT2D eigenvalue weighted by molar-refractivity contribution is -0.137. The number of hydrogen-bond donors (Lipinski definition) is 1. The summed E-state index contributed by atoms with van der Waals surface area (Å²) in [5.41, 5.74) is 1.27. The number of carboxylic acids is 1. The van der Waals surface area contributed by atoms with Crippen molar-refractivity contribution in [3.05, 3.63) is 29.8 Å². The van der Waals surface area contributed by atoms with Crippen LogP contribution in [0.25, 0.3) is 0 Å². The SMILES string of the molecule is CN(C(=O)CCCCC(=O)O)c1ccc(C#N)cc1. The summed E-state index contributed by atoms with van der Waals surface area (Å²) in [7, 11) is 1.67. The average Bonchev–Trinajstić information content (AvgIpc) is 2.42.